The van der Waals surface area contributed by atoms with Crippen molar-refractivity contribution in [3.05, 3.63) is 35.4 Å². The summed E-state index contributed by atoms with van der Waals surface area (Å²) in [7, 11) is 1.87. The van der Waals surface area contributed by atoms with Gasteiger partial charge in [0.05, 0.1) is 5.69 Å². The van der Waals surface area contributed by atoms with Crippen molar-refractivity contribution in [3.63, 3.8) is 0 Å². The van der Waals surface area contributed by atoms with Crippen LogP contribution in [0.3, 0.4) is 0 Å². The minimum Gasteiger partial charge on any atom is -0.384 e. The SMILES string of the molecule is CC1Cc2ccc(-c3cc(N)n(C)n3)cc2C1. The molecule has 0 radical (unpaired) electrons. The van der Waals surface area contributed by atoms with Crippen LogP contribution in [0.4, 0.5) is 5.82 Å². The van der Waals surface area contributed by atoms with Gasteiger partial charge in [-0.1, -0.05) is 19.1 Å². The molecule has 88 valence electrons. The summed E-state index contributed by atoms with van der Waals surface area (Å²) in [6.07, 6.45) is 2.39. The Labute approximate surface area is 101 Å². The van der Waals surface area contributed by atoms with Gasteiger partial charge in [-0.2, -0.15) is 5.10 Å². The monoisotopic (exact) mass is 227 g/mol. The maximum atomic E-state index is 5.81. The quantitative estimate of drug-likeness (QED) is 0.813. The number of anilines is 1. The fourth-order valence-electron chi connectivity index (χ4n) is 2.62. The lowest BCUT2D eigenvalue weighted by Gasteiger charge is -2.01. The van der Waals surface area contributed by atoms with Crippen LogP contribution >= 0.6 is 0 Å². The number of benzene rings is 1. The van der Waals surface area contributed by atoms with E-state index in [1.165, 1.54) is 29.5 Å². The van der Waals surface area contributed by atoms with Crippen molar-refractivity contribution in [2.24, 2.45) is 13.0 Å². The number of nitrogens with zero attached hydrogens (tertiary/aromatic N) is 2. The highest BCUT2D eigenvalue weighted by Crippen LogP contribution is 2.30. The van der Waals surface area contributed by atoms with Gasteiger partial charge in [0.25, 0.3) is 0 Å². The zero-order chi connectivity index (χ0) is 12.0. The van der Waals surface area contributed by atoms with Crippen molar-refractivity contribution in [1.29, 1.82) is 0 Å². The Morgan fingerprint density at radius 2 is 2.00 bits per heavy atom. The van der Waals surface area contributed by atoms with E-state index in [-0.39, 0.29) is 0 Å². The van der Waals surface area contributed by atoms with Gasteiger partial charge in [-0.15, -0.1) is 0 Å². The molecule has 0 bridgehead atoms. The molecule has 1 aromatic heterocycles. The fraction of sp³-hybridized carbons (Fsp3) is 0.357. The molecule has 1 aliphatic carbocycles. The van der Waals surface area contributed by atoms with E-state index in [9.17, 15) is 0 Å². The first-order valence-electron chi connectivity index (χ1n) is 6.05. The van der Waals surface area contributed by atoms with E-state index in [0.717, 1.165) is 11.6 Å². The van der Waals surface area contributed by atoms with Gasteiger partial charge in [-0.05, 0) is 36.0 Å². The second kappa shape index (κ2) is 3.62. The average molecular weight is 227 g/mol. The first kappa shape index (κ1) is 10.4. The van der Waals surface area contributed by atoms with Crippen LogP contribution in [0, 0.1) is 5.92 Å². The normalized spacial score (nSPS) is 18.4. The first-order valence-corrected chi connectivity index (χ1v) is 6.05. The Morgan fingerprint density at radius 1 is 1.24 bits per heavy atom. The van der Waals surface area contributed by atoms with Crippen molar-refractivity contribution < 1.29 is 0 Å². The molecule has 1 atom stereocenters. The zero-order valence-electron chi connectivity index (χ0n) is 10.3. The second-order valence-electron chi connectivity index (χ2n) is 5.07. The number of hydrogen-bond donors (Lipinski definition) is 1. The van der Waals surface area contributed by atoms with Crippen LogP contribution < -0.4 is 5.73 Å². The second-order valence-corrected chi connectivity index (χ2v) is 5.07. The number of fused-ring (bicyclic) bond motifs is 1. The molecule has 3 rings (SSSR count). The van der Waals surface area contributed by atoms with E-state index in [1.807, 2.05) is 13.1 Å². The molecule has 1 aromatic carbocycles. The van der Waals surface area contributed by atoms with Crippen molar-refractivity contribution in [2.75, 3.05) is 5.73 Å². The molecular weight excluding hydrogens is 210 g/mol. The lowest BCUT2D eigenvalue weighted by molar-refractivity contribution is 0.628. The lowest BCUT2D eigenvalue weighted by Crippen LogP contribution is -1.96. The van der Waals surface area contributed by atoms with Gasteiger partial charge in [-0.25, -0.2) is 0 Å². The molecule has 17 heavy (non-hydrogen) atoms. The molecular formula is C14H17N3. The molecule has 1 unspecified atom stereocenters. The molecule has 3 nitrogen and oxygen atoms in total. The predicted octanol–water partition coefficient (Wildman–Crippen LogP) is 2.40. The minimum absolute atomic E-state index is 0.703. The average Bonchev–Trinajstić information content (AvgIpc) is 2.80. The number of aromatic nitrogens is 2. The summed E-state index contributed by atoms with van der Waals surface area (Å²) in [5.74, 6) is 1.47. The summed E-state index contributed by atoms with van der Waals surface area (Å²) < 4.78 is 1.71. The molecule has 1 heterocycles. The third-order valence-electron chi connectivity index (χ3n) is 3.55. The smallest absolute Gasteiger partial charge is 0.121 e. The van der Waals surface area contributed by atoms with Gasteiger partial charge in [-0.3, -0.25) is 4.68 Å². The lowest BCUT2D eigenvalue weighted by atomic mass is 10.0. The van der Waals surface area contributed by atoms with E-state index in [4.69, 9.17) is 5.73 Å². The molecule has 0 saturated heterocycles. The standard InChI is InChI=1S/C14H17N3/c1-9-5-10-3-4-11(7-12(10)6-9)13-8-14(15)17(2)16-13/h3-4,7-9H,5-6,15H2,1-2H3. The van der Waals surface area contributed by atoms with Gasteiger partial charge in [0.1, 0.15) is 5.82 Å². The van der Waals surface area contributed by atoms with Crippen LogP contribution in [-0.4, -0.2) is 9.78 Å². The van der Waals surface area contributed by atoms with Crippen molar-refractivity contribution in [2.45, 2.75) is 19.8 Å². The highest BCUT2D eigenvalue weighted by molar-refractivity contribution is 5.64. The Morgan fingerprint density at radius 3 is 2.71 bits per heavy atom. The number of nitrogens with two attached hydrogens (primary N) is 1. The summed E-state index contributed by atoms with van der Waals surface area (Å²) in [5.41, 5.74) is 10.9. The van der Waals surface area contributed by atoms with Crippen molar-refractivity contribution in [3.8, 4) is 11.3 Å². The van der Waals surface area contributed by atoms with Crippen LogP contribution in [0.2, 0.25) is 0 Å². The maximum absolute atomic E-state index is 5.81. The number of nitrogen functional groups attached to an aromatic ring is 1. The highest BCUT2D eigenvalue weighted by atomic mass is 15.3. The number of hydrogen-bond acceptors (Lipinski definition) is 2. The van der Waals surface area contributed by atoms with E-state index in [1.54, 1.807) is 4.68 Å². The minimum atomic E-state index is 0.703. The summed E-state index contributed by atoms with van der Waals surface area (Å²) >= 11 is 0. The van der Waals surface area contributed by atoms with Crippen molar-refractivity contribution >= 4 is 5.82 Å². The van der Waals surface area contributed by atoms with Crippen LogP contribution in [0.5, 0.6) is 0 Å². The van der Waals surface area contributed by atoms with E-state index < -0.39 is 0 Å². The molecule has 0 spiro atoms. The zero-order valence-corrected chi connectivity index (χ0v) is 10.3. The molecule has 0 amide bonds. The molecule has 2 N–H and O–H groups in total. The topological polar surface area (TPSA) is 43.8 Å². The van der Waals surface area contributed by atoms with Crippen LogP contribution in [0.15, 0.2) is 24.3 Å². The number of aryl methyl sites for hydroxylation is 1. The molecule has 3 heteroatoms. The maximum Gasteiger partial charge on any atom is 0.121 e. The third kappa shape index (κ3) is 1.71. The van der Waals surface area contributed by atoms with Gasteiger partial charge in [0, 0.05) is 18.7 Å². The van der Waals surface area contributed by atoms with Crippen molar-refractivity contribution in [1.82, 2.24) is 9.78 Å². The highest BCUT2D eigenvalue weighted by Gasteiger charge is 2.18. The van der Waals surface area contributed by atoms with Gasteiger partial charge >= 0.3 is 0 Å². The summed E-state index contributed by atoms with van der Waals surface area (Å²) in [4.78, 5) is 0. The Balaban J connectivity index is 2.03. The van der Waals surface area contributed by atoms with Gasteiger partial charge < -0.3 is 5.73 Å². The Bertz CT molecular complexity index is 549. The van der Waals surface area contributed by atoms with Crippen LogP contribution in [-0.2, 0) is 19.9 Å². The molecule has 0 fully saturated rings. The number of rotatable bonds is 1. The van der Waals surface area contributed by atoms with E-state index in [2.05, 4.69) is 30.2 Å². The Kier molecular flexibility index (Phi) is 2.21. The predicted molar refractivity (Wildman–Crippen MR) is 69.6 cm³/mol. The van der Waals surface area contributed by atoms with Crippen LogP contribution in [0.25, 0.3) is 11.3 Å². The fourth-order valence-corrected chi connectivity index (χ4v) is 2.62. The third-order valence-corrected chi connectivity index (χ3v) is 3.55. The van der Waals surface area contributed by atoms with E-state index >= 15 is 0 Å². The summed E-state index contributed by atoms with van der Waals surface area (Å²) in [6.45, 7) is 2.30. The van der Waals surface area contributed by atoms with Gasteiger partial charge in [0.2, 0.25) is 0 Å². The molecule has 2 aromatic rings. The molecule has 0 aliphatic heterocycles. The van der Waals surface area contributed by atoms with Crippen LogP contribution in [0.1, 0.15) is 18.1 Å². The molecule has 0 saturated carbocycles. The summed E-state index contributed by atoms with van der Waals surface area (Å²) in [5, 5.41) is 4.42. The van der Waals surface area contributed by atoms with E-state index in [0.29, 0.717) is 5.82 Å². The largest absolute Gasteiger partial charge is 0.384 e. The Hall–Kier alpha value is -1.77. The first-order chi connectivity index (χ1) is 8.13. The summed E-state index contributed by atoms with van der Waals surface area (Å²) in [6, 6.07) is 8.58. The molecule has 1 aliphatic rings. The van der Waals surface area contributed by atoms with Gasteiger partial charge in [0.15, 0.2) is 0 Å².